The van der Waals surface area contributed by atoms with E-state index >= 15 is 0 Å². The van der Waals surface area contributed by atoms with E-state index in [9.17, 15) is 9.59 Å². The zero-order chi connectivity index (χ0) is 14.2. The van der Waals surface area contributed by atoms with E-state index in [1.165, 1.54) is 6.92 Å². The number of rotatable bonds is 2. The van der Waals surface area contributed by atoms with E-state index in [2.05, 4.69) is 25.9 Å². The van der Waals surface area contributed by atoms with Crippen LogP contribution in [-0.2, 0) is 0 Å². The lowest BCUT2D eigenvalue weighted by molar-refractivity contribution is 0.0693. The number of aromatic nitrogens is 2. The Morgan fingerprint density at radius 3 is 2.68 bits per heavy atom. The number of carbonyl (C=O) groups is 1. The molecule has 0 fully saturated rings. The molecule has 0 amide bonds. The molecular formula is C12H8BrClN2O3. The lowest BCUT2D eigenvalue weighted by atomic mass is 10.2. The summed E-state index contributed by atoms with van der Waals surface area (Å²) in [7, 11) is 0. The van der Waals surface area contributed by atoms with Gasteiger partial charge in [0.15, 0.2) is 0 Å². The Morgan fingerprint density at radius 1 is 1.47 bits per heavy atom. The van der Waals surface area contributed by atoms with E-state index in [0.717, 1.165) is 4.47 Å². The number of carboxylic acid groups (broad SMARTS) is 1. The summed E-state index contributed by atoms with van der Waals surface area (Å²) in [5, 5.41) is 9.37. The summed E-state index contributed by atoms with van der Waals surface area (Å²) in [4.78, 5) is 29.1. The Hall–Kier alpha value is -1.66. The zero-order valence-electron chi connectivity index (χ0n) is 9.70. The number of aromatic amines is 1. The number of carboxylic acids is 1. The fourth-order valence-electron chi connectivity index (χ4n) is 1.62. The van der Waals surface area contributed by atoms with Gasteiger partial charge >= 0.3 is 5.97 Å². The van der Waals surface area contributed by atoms with Gasteiger partial charge in [-0.25, -0.2) is 9.78 Å². The minimum absolute atomic E-state index is 0.158. The maximum atomic E-state index is 11.7. The van der Waals surface area contributed by atoms with Gasteiger partial charge in [-0.05, 0) is 35.0 Å². The predicted octanol–water partition coefficient (Wildman–Crippen LogP) is 2.86. The molecule has 0 saturated heterocycles. The molecule has 2 aromatic rings. The predicted molar refractivity (Wildman–Crippen MR) is 74.7 cm³/mol. The van der Waals surface area contributed by atoms with Gasteiger partial charge in [0.05, 0.1) is 10.7 Å². The number of halogens is 2. The molecule has 1 aromatic heterocycles. The average Bonchev–Trinajstić information content (AvgIpc) is 2.31. The molecule has 0 radical (unpaired) electrons. The van der Waals surface area contributed by atoms with Gasteiger partial charge in [-0.15, -0.1) is 0 Å². The summed E-state index contributed by atoms with van der Waals surface area (Å²) < 4.78 is 0.721. The lowest BCUT2D eigenvalue weighted by Gasteiger charge is -2.05. The fourth-order valence-corrected chi connectivity index (χ4v) is 2.05. The number of nitrogens with one attached hydrogen (secondary N) is 1. The summed E-state index contributed by atoms with van der Waals surface area (Å²) in [5.41, 5.74) is -0.281. The molecule has 0 saturated carbocycles. The molecule has 0 atom stereocenters. The van der Waals surface area contributed by atoms with Crippen LogP contribution in [0.1, 0.15) is 16.1 Å². The smallest absolute Gasteiger partial charge is 0.343 e. The van der Waals surface area contributed by atoms with Gasteiger partial charge in [-0.1, -0.05) is 17.7 Å². The normalized spacial score (nSPS) is 10.5. The van der Waals surface area contributed by atoms with E-state index in [0.29, 0.717) is 10.6 Å². The number of nitrogens with zero attached hydrogens (tertiary/aromatic N) is 1. The molecule has 0 aliphatic heterocycles. The number of H-pyrrole nitrogens is 1. The van der Waals surface area contributed by atoms with Gasteiger partial charge in [0.1, 0.15) is 11.4 Å². The minimum Gasteiger partial charge on any atom is -0.477 e. The third-order valence-electron chi connectivity index (χ3n) is 2.51. The maximum Gasteiger partial charge on any atom is 0.343 e. The first-order valence-electron chi connectivity index (χ1n) is 5.20. The molecular weight excluding hydrogens is 336 g/mol. The van der Waals surface area contributed by atoms with Gasteiger partial charge < -0.3 is 10.1 Å². The molecule has 0 aliphatic rings. The van der Waals surface area contributed by atoms with E-state index in [1.54, 1.807) is 18.2 Å². The van der Waals surface area contributed by atoms with Crippen molar-refractivity contribution in [1.82, 2.24) is 9.97 Å². The average molecular weight is 344 g/mol. The summed E-state index contributed by atoms with van der Waals surface area (Å²) >= 11 is 9.22. The van der Waals surface area contributed by atoms with E-state index < -0.39 is 11.5 Å². The van der Waals surface area contributed by atoms with Gasteiger partial charge in [0.25, 0.3) is 5.56 Å². The van der Waals surface area contributed by atoms with Gasteiger partial charge in [-0.2, -0.15) is 0 Å². The third-order valence-corrected chi connectivity index (χ3v) is 3.74. The first kappa shape index (κ1) is 13.8. The zero-order valence-corrected chi connectivity index (χ0v) is 12.0. The van der Waals surface area contributed by atoms with Gasteiger partial charge in [0.2, 0.25) is 0 Å². The standard InChI is InChI=1S/C12H8BrClN2O3/c1-5-9(12(18)19)11(17)16-10(15-5)6-2-3-7(13)8(14)4-6/h2-4H,1H3,(H,18,19)(H,15,16,17). The molecule has 5 nitrogen and oxygen atoms in total. The van der Waals surface area contributed by atoms with Crippen LogP contribution in [0.3, 0.4) is 0 Å². The first-order valence-corrected chi connectivity index (χ1v) is 6.37. The van der Waals surface area contributed by atoms with E-state index in [1.807, 2.05) is 0 Å². The molecule has 0 spiro atoms. The number of hydrogen-bond acceptors (Lipinski definition) is 3. The van der Waals surface area contributed by atoms with Crippen molar-refractivity contribution in [3.8, 4) is 11.4 Å². The Labute approximate surface area is 121 Å². The molecule has 19 heavy (non-hydrogen) atoms. The Balaban J connectivity index is 2.61. The fraction of sp³-hybridized carbons (Fsp3) is 0.0833. The molecule has 0 unspecified atom stereocenters. The van der Waals surface area contributed by atoms with E-state index in [-0.39, 0.29) is 17.1 Å². The highest BCUT2D eigenvalue weighted by molar-refractivity contribution is 9.10. The Morgan fingerprint density at radius 2 is 2.16 bits per heavy atom. The second-order valence-corrected chi connectivity index (χ2v) is 5.07. The van der Waals surface area contributed by atoms with Crippen molar-refractivity contribution >= 4 is 33.5 Å². The van der Waals surface area contributed by atoms with Crippen molar-refractivity contribution < 1.29 is 9.90 Å². The summed E-state index contributed by atoms with van der Waals surface area (Å²) in [6.07, 6.45) is 0. The summed E-state index contributed by atoms with van der Waals surface area (Å²) in [5.74, 6) is -1.02. The van der Waals surface area contributed by atoms with E-state index in [4.69, 9.17) is 16.7 Å². The SMILES string of the molecule is Cc1nc(-c2ccc(Br)c(Cl)c2)[nH]c(=O)c1C(=O)O. The number of aryl methyl sites for hydroxylation is 1. The minimum atomic E-state index is -1.30. The molecule has 1 aromatic carbocycles. The molecule has 0 aliphatic carbocycles. The second kappa shape index (κ2) is 5.14. The molecule has 1 heterocycles. The number of hydrogen-bond donors (Lipinski definition) is 2. The highest BCUT2D eigenvalue weighted by atomic mass is 79.9. The summed E-state index contributed by atoms with van der Waals surface area (Å²) in [6, 6.07) is 5.07. The topological polar surface area (TPSA) is 83.0 Å². The van der Waals surface area contributed by atoms with Gasteiger partial charge in [0, 0.05) is 10.0 Å². The van der Waals surface area contributed by atoms with Crippen molar-refractivity contribution in [1.29, 1.82) is 0 Å². The Kier molecular flexibility index (Phi) is 3.73. The van der Waals surface area contributed by atoms with Gasteiger partial charge in [-0.3, -0.25) is 4.79 Å². The van der Waals surface area contributed by atoms with Crippen molar-refractivity contribution in [2.75, 3.05) is 0 Å². The molecule has 0 bridgehead atoms. The molecule has 98 valence electrons. The largest absolute Gasteiger partial charge is 0.477 e. The third kappa shape index (κ3) is 2.69. The van der Waals surface area contributed by atoms with Crippen molar-refractivity contribution in [2.24, 2.45) is 0 Å². The highest BCUT2D eigenvalue weighted by Gasteiger charge is 2.15. The molecule has 2 N–H and O–H groups in total. The van der Waals surface area contributed by atoms with Crippen LogP contribution in [0.4, 0.5) is 0 Å². The highest BCUT2D eigenvalue weighted by Crippen LogP contribution is 2.27. The van der Waals surface area contributed by atoms with Crippen LogP contribution in [0, 0.1) is 6.92 Å². The van der Waals surface area contributed by atoms with Crippen LogP contribution in [0.2, 0.25) is 5.02 Å². The molecule has 2 rings (SSSR count). The van der Waals surface area contributed by atoms with Crippen LogP contribution in [0.25, 0.3) is 11.4 Å². The van der Waals surface area contributed by atoms with Crippen LogP contribution in [-0.4, -0.2) is 21.0 Å². The first-order chi connectivity index (χ1) is 8.90. The van der Waals surface area contributed by atoms with Crippen LogP contribution in [0.5, 0.6) is 0 Å². The number of aromatic carboxylic acids is 1. The maximum absolute atomic E-state index is 11.7. The van der Waals surface area contributed by atoms with Crippen molar-refractivity contribution in [3.63, 3.8) is 0 Å². The number of benzene rings is 1. The van der Waals surface area contributed by atoms with Crippen LogP contribution >= 0.6 is 27.5 Å². The Bertz CT molecular complexity index is 727. The lowest BCUT2D eigenvalue weighted by Crippen LogP contribution is -2.21. The van der Waals surface area contributed by atoms with Crippen LogP contribution in [0.15, 0.2) is 27.5 Å². The second-order valence-electron chi connectivity index (χ2n) is 3.81. The summed E-state index contributed by atoms with van der Waals surface area (Å²) in [6.45, 7) is 1.47. The van der Waals surface area contributed by atoms with Crippen LogP contribution < -0.4 is 5.56 Å². The van der Waals surface area contributed by atoms with Crippen molar-refractivity contribution in [3.05, 3.63) is 49.3 Å². The quantitative estimate of drug-likeness (QED) is 0.878. The van der Waals surface area contributed by atoms with Crippen molar-refractivity contribution in [2.45, 2.75) is 6.92 Å². The molecule has 7 heteroatoms. The monoisotopic (exact) mass is 342 g/mol.